The molecule has 98 valence electrons. The van der Waals surface area contributed by atoms with E-state index in [1.165, 1.54) is 0 Å². The molecule has 2 unspecified atom stereocenters. The fraction of sp³-hybridized carbons (Fsp3) is 0.500. The number of carboxylic acid groups (broad SMARTS) is 1. The third-order valence-corrected chi connectivity index (χ3v) is 3.76. The van der Waals surface area contributed by atoms with Gasteiger partial charge >= 0.3 is 5.97 Å². The number of aliphatic hydroxyl groups is 1. The predicted octanol–water partition coefficient (Wildman–Crippen LogP) is 2.06. The lowest BCUT2D eigenvalue weighted by Gasteiger charge is -2.15. The third kappa shape index (κ3) is 2.82. The van der Waals surface area contributed by atoms with Crippen molar-refractivity contribution in [1.82, 2.24) is 0 Å². The van der Waals surface area contributed by atoms with Gasteiger partial charge in [0.1, 0.15) is 0 Å². The molecule has 1 saturated carbocycles. The summed E-state index contributed by atoms with van der Waals surface area (Å²) in [5.41, 5.74) is 7.36. The van der Waals surface area contributed by atoms with Crippen molar-refractivity contribution in [3.8, 4) is 0 Å². The van der Waals surface area contributed by atoms with Crippen LogP contribution in [0, 0.1) is 5.92 Å². The first-order chi connectivity index (χ1) is 8.58. The fourth-order valence-corrected chi connectivity index (χ4v) is 2.72. The SMILES string of the molecule is Nc1ccc(C(=O)O)c(CCC2CCCC2O)c1. The van der Waals surface area contributed by atoms with E-state index in [9.17, 15) is 9.90 Å². The van der Waals surface area contributed by atoms with E-state index < -0.39 is 5.97 Å². The Morgan fingerprint density at radius 2 is 2.17 bits per heavy atom. The standard InChI is InChI=1S/C14H19NO3/c15-11-6-7-12(14(17)18)10(8-11)5-4-9-2-1-3-13(9)16/h6-9,13,16H,1-5,15H2,(H,17,18). The third-order valence-electron chi connectivity index (χ3n) is 3.76. The largest absolute Gasteiger partial charge is 0.478 e. The Hall–Kier alpha value is -1.55. The highest BCUT2D eigenvalue weighted by atomic mass is 16.4. The number of nitrogens with two attached hydrogens (primary N) is 1. The van der Waals surface area contributed by atoms with Crippen LogP contribution in [0.5, 0.6) is 0 Å². The molecule has 4 heteroatoms. The molecule has 1 aliphatic carbocycles. The zero-order chi connectivity index (χ0) is 13.1. The Bertz CT molecular complexity index is 445. The Balaban J connectivity index is 2.08. The van der Waals surface area contributed by atoms with Crippen LogP contribution < -0.4 is 5.73 Å². The van der Waals surface area contributed by atoms with Gasteiger partial charge in [-0.1, -0.05) is 6.42 Å². The Morgan fingerprint density at radius 1 is 1.39 bits per heavy atom. The molecule has 2 rings (SSSR count). The summed E-state index contributed by atoms with van der Waals surface area (Å²) >= 11 is 0. The van der Waals surface area contributed by atoms with Crippen molar-refractivity contribution in [2.24, 2.45) is 5.92 Å². The second-order valence-corrected chi connectivity index (χ2v) is 5.02. The number of hydrogen-bond donors (Lipinski definition) is 3. The minimum absolute atomic E-state index is 0.223. The second kappa shape index (κ2) is 5.40. The van der Waals surface area contributed by atoms with Crippen molar-refractivity contribution in [3.63, 3.8) is 0 Å². The van der Waals surface area contributed by atoms with Crippen LogP contribution in [-0.2, 0) is 6.42 Å². The van der Waals surface area contributed by atoms with Crippen LogP contribution in [0.4, 0.5) is 5.69 Å². The summed E-state index contributed by atoms with van der Waals surface area (Å²) < 4.78 is 0. The first-order valence-corrected chi connectivity index (χ1v) is 6.37. The van der Waals surface area contributed by atoms with Crippen molar-refractivity contribution < 1.29 is 15.0 Å². The maximum Gasteiger partial charge on any atom is 0.335 e. The van der Waals surface area contributed by atoms with E-state index in [4.69, 9.17) is 10.8 Å². The van der Waals surface area contributed by atoms with Crippen LogP contribution in [0.25, 0.3) is 0 Å². The molecular formula is C14H19NO3. The van der Waals surface area contributed by atoms with Gasteiger partial charge in [0, 0.05) is 5.69 Å². The number of nitrogen functional groups attached to an aromatic ring is 1. The minimum Gasteiger partial charge on any atom is -0.478 e. The van der Waals surface area contributed by atoms with Crippen LogP contribution in [0.3, 0.4) is 0 Å². The number of benzene rings is 1. The van der Waals surface area contributed by atoms with Gasteiger partial charge in [0.05, 0.1) is 11.7 Å². The van der Waals surface area contributed by atoms with E-state index in [2.05, 4.69) is 0 Å². The summed E-state index contributed by atoms with van der Waals surface area (Å²) in [6.07, 6.45) is 4.23. The number of hydrogen-bond acceptors (Lipinski definition) is 3. The smallest absolute Gasteiger partial charge is 0.335 e. The number of anilines is 1. The Morgan fingerprint density at radius 3 is 2.78 bits per heavy atom. The number of carboxylic acids is 1. The first-order valence-electron chi connectivity index (χ1n) is 6.37. The van der Waals surface area contributed by atoms with Crippen LogP contribution in [0.15, 0.2) is 18.2 Å². The zero-order valence-electron chi connectivity index (χ0n) is 10.3. The molecule has 0 aromatic heterocycles. The van der Waals surface area contributed by atoms with E-state index in [1.807, 2.05) is 0 Å². The van der Waals surface area contributed by atoms with Crippen LogP contribution in [0.2, 0.25) is 0 Å². The van der Waals surface area contributed by atoms with Crippen LogP contribution in [0.1, 0.15) is 41.6 Å². The van der Waals surface area contributed by atoms with Gasteiger partial charge in [-0.2, -0.15) is 0 Å². The highest BCUT2D eigenvalue weighted by Crippen LogP contribution is 2.30. The molecule has 0 amide bonds. The molecule has 1 aromatic rings. The van der Waals surface area contributed by atoms with Crippen LogP contribution in [-0.4, -0.2) is 22.3 Å². The van der Waals surface area contributed by atoms with Gasteiger partial charge in [0.15, 0.2) is 0 Å². The average molecular weight is 249 g/mol. The first kappa shape index (κ1) is 12.9. The van der Waals surface area contributed by atoms with Crippen molar-refractivity contribution >= 4 is 11.7 Å². The van der Waals surface area contributed by atoms with E-state index in [-0.39, 0.29) is 6.10 Å². The lowest BCUT2D eigenvalue weighted by Crippen LogP contribution is -2.14. The van der Waals surface area contributed by atoms with Gasteiger partial charge in [-0.15, -0.1) is 0 Å². The highest BCUT2D eigenvalue weighted by Gasteiger charge is 2.25. The molecule has 0 heterocycles. The normalized spacial score (nSPS) is 23.2. The summed E-state index contributed by atoms with van der Waals surface area (Å²) in [5, 5.41) is 18.9. The molecule has 2 atom stereocenters. The lowest BCUT2D eigenvalue weighted by molar-refractivity contribution is 0.0695. The zero-order valence-corrected chi connectivity index (χ0v) is 10.3. The fourth-order valence-electron chi connectivity index (χ4n) is 2.72. The summed E-state index contributed by atoms with van der Waals surface area (Å²) in [6, 6.07) is 4.89. The summed E-state index contributed by atoms with van der Waals surface area (Å²) in [4.78, 5) is 11.1. The molecule has 1 fully saturated rings. The summed E-state index contributed by atoms with van der Waals surface area (Å²) in [6.45, 7) is 0. The highest BCUT2D eigenvalue weighted by molar-refractivity contribution is 5.89. The molecule has 0 spiro atoms. The van der Waals surface area contributed by atoms with E-state index in [1.54, 1.807) is 18.2 Å². The Kier molecular flexibility index (Phi) is 3.87. The number of aliphatic hydroxyl groups excluding tert-OH is 1. The van der Waals surface area contributed by atoms with E-state index >= 15 is 0 Å². The summed E-state index contributed by atoms with van der Waals surface area (Å²) in [5.74, 6) is -0.620. The lowest BCUT2D eigenvalue weighted by atomic mass is 9.94. The minimum atomic E-state index is -0.919. The van der Waals surface area contributed by atoms with Gasteiger partial charge < -0.3 is 15.9 Å². The molecule has 4 N–H and O–H groups in total. The molecule has 18 heavy (non-hydrogen) atoms. The molecule has 0 saturated heterocycles. The van der Waals surface area contributed by atoms with Gasteiger partial charge in [0.2, 0.25) is 0 Å². The predicted molar refractivity (Wildman–Crippen MR) is 69.5 cm³/mol. The van der Waals surface area contributed by atoms with E-state index in [0.29, 0.717) is 23.6 Å². The molecule has 1 aromatic carbocycles. The number of rotatable bonds is 4. The summed E-state index contributed by atoms with van der Waals surface area (Å²) in [7, 11) is 0. The molecule has 0 bridgehead atoms. The monoisotopic (exact) mass is 249 g/mol. The van der Waals surface area contributed by atoms with Crippen LogP contribution >= 0.6 is 0 Å². The average Bonchev–Trinajstić information content (AvgIpc) is 2.72. The molecule has 4 nitrogen and oxygen atoms in total. The van der Waals surface area contributed by atoms with Crippen molar-refractivity contribution in [3.05, 3.63) is 29.3 Å². The second-order valence-electron chi connectivity index (χ2n) is 5.02. The topological polar surface area (TPSA) is 83.6 Å². The van der Waals surface area contributed by atoms with Gasteiger partial charge in [0.25, 0.3) is 0 Å². The molecule has 0 radical (unpaired) electrons. The molecule has 0 aliphatic heterocycles. The number of carbonyl (C=O) groups is 1. The maximum atomic E-state index is 11.1. The number of aryl methyl sites for hydroxylation is 1. The molecular weight excluding hydrogens is 230 g/mol. The number of aromatic carboxylic acids is 1. The van der Waals surface area contributed by atoms with Crippen molar-refractivity contribution in [2.75, 3.05) is 5.73 Å². The van der Waals surface area contributed by atoms with Gasteiger partial charge in [-0.3, -0.25) is 0 Å². The van der Waals surface area contributed by atoms with Gasteiger partial charge in [-0.25, -0.2) is 4.79 Å². The van der Waals surface area contributed by atoms with Gasteiger partial charge in [-0.05, 0) is 55.4 Å². The van der Waals surface area contributed by atoms with Crippen molar-refractivity contribution in [1.29, 1.82) is 0 Å². The quantitative estimate of drug-likeness (QED) is 0.713. The Labute approximate surface area is 106 Å². The maximum absolute atomic E-state index is 11.1. The molecule has 1 aliphatic rings. The van der Waals surface area contributed by atoms with E-state index in [0.717, 1.165) is 31.2 Å². The van der Waals surface area contributed by atoms with Crippen molar-refractivity contribution in [2.45, 2.75) is 38.2 Å².